The molecule has 0 aromatic heterocycles. The van der Waals surface area contributed by atoms with E-state index in [1.54, 1.807) is 0 Å². The predicted octanol–water partition coefficient (Wildman–Crippen LogP) is 3.38. The van der Waals surface area contributed by atoms with Crippen LogP contribution in [0, 0.1) is 5.92 Å². The van der Waals surface area contributed by atoms with Crippen molar-refractivity contribution >= 4 is 21.6 Å². The minimum Gasteiger partial charge on any atom is -0.381 e. The molecule has 1 fully saturated rings. The predicted molar refractivity (Wildman–Crippen MR) is 72.6 cm³/mol. The molecule has 0 spiro atoms. The topological polar surface area (TPSA) is 38.0 Å². The lowest BCUT2D eigenvalue weighted by Crippen LogP contribution is -2.35. The molecule has 1 aliphatic rings. The molecule has 1 atom stereocenters. The summed E-state index contributed by atoms with van der Waals surface area (Å²) in [6, 6.07) is 8.75. The Kier molecular flexibility index (Phi) is 4.24. The second-order valence-corrected chi connectivity index (χ2v) is 5.45. The number of nitrogens with one attached hydrogen (secondary N) is 1. The Morgan fingerprint density at radius 2 is 1.88 bits per heavy atom. The Morgan fingerprint density at radius 1 is 1.25 bits per heavy atom. The molecular weight excluding hydrogens is 264 g/mol. The molecule has 2 rings (SSSR count). The van der Waals surface area contributed by atoms with Crippen LogP contribution < -0.4 is 11.1 Å². The van der Waals surface area contributed by atoms with E-state index in [9.17, 15) is 0 Å². The maximum absolute atomic E-state index is 5.86. The van der Waals surface area contributed by atoms with E-state index in [-0.39, 0.29) is 0 Å². The summed E-state index contributed by atoms with van der Waals surface area (Å²) in [5.74, 6) is 0.758. The number of hydrogen-bond acceptors (Lipinski definition) is 2. The zero-order chi connectivity index (χ0) is 11.4. The van der Waals surface area contributed by atoms with Gasteiger partial charge in [-0.3, -0.25) is 0 Å². The van der Waals surface area contributed by atoms with Crippen LogP contribution in [0.5, 0.6) is 0 Å². The first-order chi connectivity index (χ1) is 7.79. The third-order valence-electron chi connectivity index (χ3n) is 3.42. The molecule has 2 nitrogen and oxygen atoms in total. The van der Waals surface area contributed by atoms with Crippen LogP contribution in [0.25, 0.3) is 0 Å². The van der Waals surface area contributed by atoms with Crippen molar-refractivity contribution in [3.05, 3.63) is 28.7 Å². The van der Waals surface area contributed by atoms with E-state index in [4.69, 9.17) is 5.73 Å². The SMILES string of the molecule is NCC(Nc1ccc(Br)cc1)C1CCCC1. The van der Waals surface area contributed by atoms with Crippen molar-refractivity contribution in [2.45, 2.75) is 31.7 Å². The summed E-state index contributed by atoms with van der Waals surface area (Å²) >= 11 is 3.44. The highest BCUT2D eigenvalue weighted by Crippen LogP contribution is 2.29. The summed E-state index contributed by atoms with van der Waals surface area (Å²) in [6.07, 6.45) is 5.38. The van der Waals surface area contributed by atoms with E-state index >= 15 is 0 Å². The van der Waals surface area contributed by atoms with Gasteiger partial charge in [0.15, 0.2) is 0 Å². The molecule has 0 radical (unpaired) electrons. The highest BCUT2D eigenvalue weighted by Gasteiger charge is 2.23. The third kappa shape index (κ3) is 2.98. The van der Waals surface area contributed by atoms with Crippen LogP contribution in [0.2, 0.25) is 0 Å². The van der Waals surface area contributed by atoms with Crippen LogP contribution in [-0.2, 0) is 0 Å². The van der Waals surface area contributed by atoms with Crippen LogP contribution in [0.3, 0.4) is 0 Å². The molecule has 0 heterocycles. The summed E-state index contributed by atoms with van der Waals surface area (Å²) < 4.78 is 1.11. The number of nitrogens with two attached hydrogens (primary N) is 1. The zero-order valence-corrected chi connectivity index (χ0v) is 11.0. The Balaban J connectivity index is 1.97. The Labute approximate surface area is 106 Å². The first-order valence-electron chi connectivity index (χ1n) is 6.02. The fourth-order valence-electron chi connectivity index (χ4n) is 2.49. The average Bonchev–Trinajstić information content (AvgIpc) is 2.82. The summed E-state index contributed by atoms with van der Waals surface area (Å²) in [5, 5.41) is 3.55. The standard InChI is InChI=1S/C13H19BrN2/c14-11-5-7-12(8-6-11)16-13(9-15)10-3-1-2-4-10/h5-8,10,13,16H,1-4,9,15H2. The van der Waals surface area contributed by atoms with Crippen molar-refractivity contribution in [1.82, 2.24) is 0 Å². The molecule has 0 amide bonds. The minimum atomic E-state index is 0.434. The number of hydrogen-bond donors (Lipinski definition) is 2. The minimum absolute atomic E-state index is 0.434. The number of benzene rings is 1. The Morgan fingerprint density at radius 3 is 2.44 bits per heavy atom. The highest BCUT2D eigenvalue weighted by molar-refractivity contribution is 9.10. The molecule has 1 unspecified atom stereocenters. The molecule has 1 aromatic rings. The van der Waals surface area contributed by atoms with Gasteiger partial charge in [-0.05, 0) is 43.0 Å². The highest BCUT2D eigenvalue weighted by atomic mass is 79.9. The van der Waals surface area contributed by atoms with Gasteiger partial charge in [0, 0.05) is 22.7 Å². The zero-order valence-electron chi connectivity index (χ0n) is 9.45. The lowest BCUT2D eigenvalue weighted by molar-refractivity contribution is 0.462. The quantitative estimate of drug-likeness (QED) is 0.889. The van der Waals surface area contributed by atoms with E-state index < -0.39 is 0 Å². The summed E-state index contributed by atoms with van der Waals surface area (Å²) in [4.78, 5) is 0. The van der Waals surface area contributed by atoms with Crippen molar-refractivity contribution < 1.29 is 0 Å². The third-order valence-corrected chi connectivity index (χ3v) is 3.95. The fourth-order valence-corrected chi connectivity index (χ4v) is 2.75. The van der Waals surface area contributed by atoms with E-state index in [1.165, 1.54) is 31.4 Å². The largest absolute Gasteiger partial charge is 0.381 e. The maximum atomic E-state index is 5.86. The molecule has 16 heavy (non-hydrogen) atoms. The van der Waals surface area contributed by atoms with Gasteiger partial charge in [-0.25, -0.2) is 0 Å². The Hall–Kier alpha value is -0.540. The van der Waals surface area contributed by atoms with E-state index in [2.05, 4.69) is 45.5 Å². The molecule has 0 bridgehead atoms. The van der Waals surface area contributed by atoms with Gasteiger partial charge in [0.1, 0.15) is 0 Å². The van der Waals surface area contributed by atoms with Gasteiger partial charge in [0.25, 0.3) is 0 Å². The second kappa shape index (κ2) is 5.69. The van der Waals surface area contributed by atoms with Crippen molar-refractivity contribution in [1.29, 1.82) is 0 Å². The molecule has 1 aromatic carbocycles. The summed E-state index contributed by atoms with van der Waals surface area (Å²) in [5.41, 5.74) is 7.03. The smallest absolute Gasteiger partial charge is 0.0411 e. The van der Waals surface area contributed by atoms with Crippen LogP contribution in [0.1, 0.15) is 25.7 Å². The Bertz CT molecular complexity index is 317. The maximum Gasteiger partial charge on any atom is 0.0411 e. The van der Waals surface area contributed by atoms with E-state index in [0.29, 0.717) is 6.04 Å². The van der Waals surface area contributed by atoms with Crippen LogP contribution >= 0.6 is 15.9 Å². The fraction of sp³-hybridized carbons (Fsp3) is 0.538. The van der Waals surface area contributed by atoms with E-state index in [0.717, 1.165) is 16.9 Å². The molecule has 3 N–H and O–H groups in total. The van der Waals surface area contributed by atoms with Gasteiger partial charge < -0.3 is 11.1 Å². The van der Waals surface area contributed by atoms with Crippen LogP contribution in [0.4, 0.5) is 5.69 Å². The normalized spacial score (nSPS) is 18.6. The second-order valence-electron chi connectivity index (χ2n) is 4.54. The molecule has 1 saturated carbocycles. The van der Waals surface area contributed by atoms with Crippen molar-refractivity contribution in [2.75, 3.05) is 11.9 Å². The van der Waals surface area contributed by atoms with Gasteiger partial charge >= 0.3 is 0 Å². The average molecular weight is 283 g/mol. The molecule has 0 aliphatic heterocycles. The molecule has 1 aliphatic carbocycles. The molecular formula is C13H19BrN2. The van der Waals surface area contributed by atoms with Gasteiger partial charge in [0.2, 0.25) is 0 Å². The first-order valence-corrected chi connectivity index (χ1v) is 6.81. The van der Waals surface area contributed by atoms with Gasteiger partial charge in [-0.1, -0.05) is 28.8 Å². The number of halogens is 1. The van der Waals surface area contributed by atoms with Crippen molar-refractivity contribution in [2.24, 2.45) is 11.7 Å². The lowest BCUT2D eigenvalue weighted by Gasteiger charge is -2.24. The lowest BCUT2D eigenvalue weighted by atomic mass is 9.98. The van der Waals surface area contributed by atoms with Gasteiger partial charge in [-0.2, -0.15) is 0 Å². The van der Waals surface area contributed by atoms with Crippen LogP contribution in [0.15, 0.2) is 28.7 Å². The first kappa shape index (κ1) is 11.9. The summed E-state index contributed by atoms with van der Waals surface area (Å²) in [7, 11) is 0. The van der Waals surface area contributed by atoms with Crippen molar-refractivity contribution in [3.8, 4) is 0 Å². The summed E-state index contributed by atoms with van der Waals surface area (Å²) in [6.45, 7) is 0.723. The van der Waals surface area contributed by atoms with Gasteiger partial charge in [0.05, 0.1) is 0 Å². The van der Waals surface area contributed by atoms with E-state index in [1.807, 2.05) is 0 Å². The van der Waals surface area contributed by atoms with Crippen LogP contribution in [-0.4, -0.2) is 12.6 Å². The number of anilines is 1. The number of rotatable bonds is 4. The van der Waals surface area contributed by atoms with Gasteiger partial charge in [-0.15, -0.1) is 0 Å². The van der Waals surface area contributed by atoms with Crippen molar-refractivity contribution in [3.63, 3.8) is 0 Å². The molecule has 0 saturated heterocycles. The molecule has 3 heteroatoms. The molecule has 88 valence electrons. The monoisotopic (exact) mass is 282 g/mol.